The predicted octanol–water partition coefficient (Wildman–Crippen LogP) is 4.11. The first kappa shape index (κ1) is 18.7. The number of hydrogen-bond donors (Lipinski definition) is 1. The number of nitrogens with zero attached hydrogens (tertiary/aromatic N) is 3. The van der Waals surface area contributed by atoms with Crippen LogP contribution in [-0.2, 0) is 10.0 Å². The summed E-state index contributed by atoms with van der Waals surface area (Å²) >= 11 is 0. The van der Waals surface area contributed by atoms with Crippen LogP contribution < -0.4 is 9.46 Å². The molecule has 4 unspecified atom stereocenters. The third-order valence-corrected chi connectivity index (χ3v) is 10.5. The zero-order valence-corrected chi connectivity index (χ0v) is 18.6. The van der Waals surface area contributed by atoms with Crippen molar-refractivity contribution in [1.29, 1.82) is 0 Å². The van der Waals surface area contributed by atoms with Crippen LogP contribution in [0.2, 0.25) is 0 Å². The van der Waals surface area contributed by atoms with Gasteiger partial charge in [0.15, 0.2) is 5.65 Å². The largest absolute Gasteiger partial charge is 0.493 e. The van der Waals surface area contributed by atoms with Crippen LogP contribution in [0, 0.1) is 23.2 Å². The Hall–Kier alpha value is -1.83. The van der Waals surface area contributed by atoms with E-state index in [1.54, 1.807) is 4.40 Å². The lowest BCUT2D eigenvalue weighted by Gasteiger charge is -2.44. The Morgan fingerprint density at radius 1 is 1.10 bits per heavy atom. The Balaban J connectivity index is 1.17. The summed E-state index contributed by atoms with van der Waals surface area (Å²) in [6, 6.07) is 1.97. The number of nitrogens with one attached hydrogen (secondary N) is 1. The van der Waals surface area contributed by atoms with Gasteiger partial charge in [-0.1, -0.05) is 0 Å². The molecule has 8 heteroatoms. The van der Waals surface area contributed by atoms with E-state index in [1.165, 1.54) is 44.1 Å². The van der Waals surface area contributed by atoms with E-state index in [2.05, 4.69) is 14.9 Å². The van der Waals surface area contributed by atoms with Crippen molar-refractivity contribution in [2.75, 3.05) is 11.3 Å². The summed E-state index contributed by atoms with van der Waals surface area (Å²) in [5.74, 6) is 4.53. The molecule has 166 valence electrons. The number of pyridine rings is 1. The molecule has 2 aromatic rings. The van der Waals surface area contributed by atoms with E-state index in [4.69, 9.17) is 4.74 Å². The van der Waals surface area contributed by atoms with Gasteiger partial charge in [0.05, 0.1) is 11.9 Å². The van der Waals surface area contributed by atoms with Crippen molar-refractivity contribution in [3.63, 3.8) is 0 Å². The van der Waals surface area contributed by atoms with Gasteiger partial charge < -0.3 is 4.74 Å². The minimum absolute atomic E-state index is 0.287. The third kappa shape index (κ3) is 3.16. The van der Waals surface area contributed by atoms with E-state index >= 15 is 0 Å². The van der Waals surface area contributed by atoms with Gasteiger partial charge >= 0.3 is 0 Å². The summed E-state index contributed by atoms with van der Waals surface area (Å²) in [6.45, 7) is 0.803. The standard InChI is InChI=1S/C23H30N4O3S/c28-31(29,18-3-4-18)26-22-25-24-21-9-20(19(12-27(21)22)15-1-2-15)30-13-23-6-5-16-7-14(10-23)8-17(16)11-23/h9,12,14-18H,1-8,10-11,13H2,(H,25,26). The van der Waals surface area contributed by atoms with Crippen LogP contribution in [0.5, 0.6) is 5.75 Å². The average Bonchev–Trinajstić information content (AvgIpc) is 3.65. The van der Waals surface area contributed by atoms with Crippen LogP contribution in [0.25, 0.3) is 5.65 Å². The van der Waals surface area contributed by atoms with Crippen LogP contribution in [-0.4, -0.2) is 34.9 Å². The lowest BCUT2D eigenvalue weighted by atomic mass is 9.62. The number of fused-ring (bicyclic) bond motifs is 3. The summed E-state index contributed by atoms with van der Waals surface area (Å²) in [5.41, 5.74) is 2.16. The highest BCUT2D eigenvalue weighted by molar-refractivity contribution is 7.93. The number of hydrogen-bond acceptors (Lipinski definition) is 5. The molecule has 0 radical (unpaired) electrons. The molecule has 0 amide bonds. The molecular weight excluding hydrogens is 412 g/mol. The van der Waals surface area contributed by atoms with E-state index in [1.807, 2.05) is 12.3 Å². The molecule has 3 bridgehead atoms. The zero-order valence-electron chi connectivity index (χ0n) is 17.8. The molecule has 7 nitrogen and oxygen atoms in total. The van der Waals surface area contributed by atoms with Crippen LogP contribution in [0.1, 0.15) is 75.7 Å². The molecule has 31 heavy (non-hydrogen) atoms. The Kier molecular flexibility index (Phi) is 3.84. The maximum absolute atomic E-state index is 12.4. The number of anilines is 1. The molecule has 1 N–H and O–H groups in total. The van der Waals surface area contributed by atoms with Gasteiger partial charge in [-0.15, -0.1) is 10.2 Å². The fourth-order valence-corrected chi connectivity index (χ4v) is 8.21. The second-order valence-electron chi connectivity index (χ2n) is 11.1. The monoisotopic (exact) mass is 442 g/mol. The van der Waals surface area contributed by atoms with Crippen molar-refractivity contribution in [3.05, 3.63) is 17.8 Å². The summed E-state index contributed by atoms with van der Waals surface area (Å²) in [6.07, 6.45) is 14.0. The SMILES string of the molecule is O=S(=O)(Nc1nnc2cc(OCC34CCC5CC(CC5C3)C4)c(C3CC3)cn12)C1CC1. The molecule has 0 aromatic carbocycles. The Labute approximate surface area is 183 Å². The number of sulfonamides is 1. The van der Waals surface area contributed by atoms with E-state index in [0.717, 1.165) is 55.8 Å². The molecular formula is C23H30N4O3S. The van der Waals surface area contributed by atoms with Gasteiger partial charge in [-0.05, 0) is 87.9 Å². The topological polar surface area (TPSA) is 85.6 Å². The van der Waals surface area contributed by atoms with E-state index in [-0.39, 0.29) is 11.2 Å². The van der Waals surface area contributed by atoms with Crippen LogP contribution in [0.3, 0.4) is 0 Å². The highest BCUT2D eigenvalue weighted by Crippen LogP contribution is 2.60. The van der Waals surface area contributed by atoms with Gasteiger partial charge in [-0.3, -0.25) is 9.12 Å². The summed E-state index contributed by atoms with van der Waals surface area (Å²) in [4.78, 5) is 0. The van der Waals surface area contributed by atoms with Crippen LogP contribution in [0.15, 0.2) is 12.3 Å². The number of aromatic nitrogens is 3. The van der Waals surface area contributed by atoms with Gasteiger partial charge in [0.25, 0.3) is 0 Å². The molecule has 5 saturated carbocycles. The van der Waals surface area contributed by atoms with Gasteiger partial charge in [0.2, 0.25) is 16.0 Å². The Bertz CT molecular complexity index is 1150. The van der Waals surface area contributed by atoms with Crippen molar-refractivity contribution in [3.8, 4) is 5.75 Å². The number of ether oxygens (including phenoxy) is 1. The van der Waals surface area contributed by atoms with Gasteiger partial charge in [0, 0.05) is 23.2 Å². The summed E-state index contributed by atoms with van der Waals surface area (Å²) in [7, 11) is -3.37. The second kappa shape index (κ2) is 6.36. The molecule has 7 rings (SSSR count). The van der Waals surface area contributed by atoms with Gasteiger partial charge in [-0.25, -0.2) is 8.42 Å². The molecule has 2 aromatic heterocycles. The molecule has 0 aliphatic heterocycles. The quantitative estimate of drug-likeness (QED) is 0.698. The van der Waals surface area contributed by atoms with E-state index in [9.17, 15) is 8.42 Å². The maximum atomic E-state index is 12.4. The molecule has 5 fully saturated rings. The van der Waals surface area contributed by atoms with E-state index < -0.39 is 10.0 Å². The van der Waals surface area contributed by atoms with E-state index in [0.29, 0.717) is 17.0 Å². The first-order chi connectivity index (χ1) is 15.0. The Morgan fingerprint density at radius 3 is 2.74 bits per heavy atom. The van der Waals surface area contributed by atoms with Crippen LogP contribution >= 0.6 is 0 Å². The molecule has 5 aliphatic carbocycles. The molecule has 0 spiro atoms. The minimum Gasteiger partial charge on any atom is -0.493 e. The van der Waals surface area contributed by atoms with Gasteiger partial charge in [-0.2, -0.15) is 0 Å². The normalized spacial score (nSPS) is 34.4. The van der Waals surface area contributed by atoms with Crippen molar-refractivity contribution >= 4 is 21.6 Å². The maximum Gasteiger partial charge on any atom is 0.242 e. The first-order valence-corrected chi connectivity index (χ1v) is 13.6. The van der Waals surface area contributed by atoms with Gasteiger partial charge in [0.1, 0.15) is 5.75 Å². The van der Waals surface area contributed by atoms with Crippen molar-refractivity contribution in [2.45, 2.75) is 75.4 Å². The summed E-state index contributed by atoms with van der Waals surface area (Å²) < 4.78 is 35.8. The molecule has 5 aliphatic rings. The lowest BCUT2D eigenvalue weighted by molar-refractivity contribution is 0.0223. The van der Waals surface area contributed by atoms with Crippen molar-refractivity contribution < 1.29 is 13.2 Å². The highest BCUT2D eigenvalue weighted by Gasteiger charge is 2.52. The zero-order chi connectivity index (χ0) is 20.8. The first-order valence-electron chi connectivity index (χ1n) is 12.0. The third-order valence-electron chi connectivity index (χ3n) is 8.68. The highest BCUT2D eigenvalue weighted by atomic mass is 32.2. The van der Waals surface area contributed by atoms with Crippen molar-refractivity contribution in [2.24, 2.45) is 23.2 Å². The Morgan fingerprint density at radius 2 is 1.94 bits per heavy atom. The summed E-state index contributed by atoms with van der Waals surface area (Å²) in [5, 5.41) is 8.09. The fourth-order valence-electron chi connectivity index (χ4n) is 6.89. The molecule has 2 heterocycles. The average molecular weight is 443 g/mol. The number of rotatable bonds is 7. The lowest BCUT2D eigenvalue weighted by Crippen LogP contribution is -2.39. The van der Waals surface area contributed by atoms with Crippen molar-refractivity contribution in [1.82, 2.24) is 14.6 Å². The fraction of sp³-hybridized carbons (Fsp3) is 0.739. The molecule has 4 atom stereocenters. The predicted molar refractivity (Wildman–Crippen MR) is 117 cm³/mol. The smallest absolute Gasteiger partial charge is 0.242 e. The van der Waals surface area contributed by atoms with Crippen LogP contribution in [0.4, 0.5) is 5.95 Å². The molecule has 0 saturated heterocycles. The second-order valence-corrected chi connectivity index (χ2v) is 13.0. The minimum atomic E-state index is -3.37.